The Morgan fingerprint density at radius 2 is 2.12 bits per heavy atom. The summed E-state index contributed by atoms with van der Waals surface area (Å²) in [4.78, 5) is 0. The first-order chi connectivity index (χ1) is 7.79. The third kappa shape index (κ3) is 2.65. The van der Waals surface area contributed by atoms with E-state index in [1.165, 1.54) is 31.7 Å². The molecule has 0 bridgehead atoms. The Morgan fingerprint density at radius 1 is 1.38 bits per heavy atom. The predicted molar refractivity (Wildman–Crippen MR) is 63.4 cm³/mol. The predicted octanol–water partition coefficient (Wildman–Crippen LogP) is 3.58. The van der Waals surface area contributed by atoms with E-state index in [1.54, 1.807) is 6.07 Å². The van der Waals surface area contributed by atoms with Gasteiger partial charge in [0.05, 0.1) is 6.61 Å². The van der Waals surface area contributed by atoms with E-state index < -0.39 is 0 Å². The van der Waals surface area contributed by atoms with Crippen LogP contribution in [0.1, 0.15) is 32.6 Å². The van der Waals surface area contributed by atoms with Gasteiger partial charge in [0.1, 0.15) is 0 Å². The summed E-state index contributed by atoms with van der Waals surface area (Å²) in [6.45, 7) is 2.34. The van der Waals surface area contributed by atoms with Gasteiger partial charge >= 0.3 is 0 Å². The van der Waals surface area contributed by atoms with E-state index in [2.05, 4.69) is 5.32 Å². The molecule has 1 aromatic rings. The van der Waals surface area contributed by atoms with Crippen molar-refractivity contribution in [1.82, 2.24) is 0 Å². The highest BCUT2D eigenvalue weighted by atomic mass is 19.1. The van der Waals surface area contributed by atoms with E-state index in [1.807, 2.05) is 13.0 Å². The molecular weight excluding hydrogens is 205 g/mol. The van der Waals surface area contributed by atoms with E-state index in [0.717, 1.165) is 5.69 Å². The van der Waals surface area contributed by atoms with E-state index in [0.29, 0.717) is 18.4 Å². The number of ether oxygens (including phenoxy) is 1. The van der Waals surface area contributed by atoms with Crippen molar-refractivity contribution >= 4 is 5.69 Å². The van der Waals surface area contributed by atoms with Gasteiger partial charge in [-0.25, -0.2) is 4.39 Å². The van der Waals surface area contributed by atoms with Gasteiger partial charge < -0.3 is 10.1 Å². The van der Waals surface area contributed by atoms with E-state index >= 15 is 0 Å². The van der Waals surface area contributed by atoms with Gasteiger partial charge in [0.2, 0.25) is 0 Å². The first kappa shape index (κ1) is 11.2. The van der Waals surface area contributed by atoms with Crippen LogP contribution in [0.2, 0.25) is 0 Å². The number of halogens is 1. The molecule has 1 fully saturated rings. The minimum absolute atomic E-state index is 0.287. The van der Waals surface area contributed by atoms with Crippen molar-refractivity contribution < 1.29 is 9.13 Å². The second-order valence-corrected chi connectivity index (χ2v) is 4.20. The van der Waals surface area contributed by atoms with Crippen molar-refractivity contribution in [1.29, 1.82) is 0 Å². The maximum Gasteiger partial charge on any atom is 0.167 e. The summed E-state index contributed by atoms with van der Waals surface area (Å²) in [5, 5.41) is 3.36. The molecule has 2 rings (SSSR count). The van der Waals surface area contributed by atoms with Crippen LogP contribution >= 0.6 is 0 Å². The van der Waals surface area contributed by atoms with Crippen LogP contribution in [0, 0.1) is 5.82 Å². The molecule has 0 radical (unpaired) electrons. The highest BCUT2D eigenvalue weighted by Gasteiger charge is 2.15. The van der Waals surface area contributed by atoms with Crippen molar-refractivity contribution in [2.75, 3.05) is 11.9 Å². The molecule has 0 aliphatic heterocycles. The fraction of sp³-hybridized carbons (Fsp3) is 0.538. The molecule has 0 spiro atoms. The standard InChI is InChI=1S/C13H18FNO/c1-2-16-13-8-7-11(9-12(13)14)15-10-5-3-4-6-10/h7-10,15H,2-6H2,1H3. The Bertz CT molecular complexity index is 348. The third-order valence-corrected chi connectivity index (χ3v) is 2.96. The summed E-state index contributed by atoms with van der Waals surface area (Å²) in [6.07, 6.45) is 4.93. The molecule has 1 aliphatic rings. The van der Waals surface area contributed by atoms with Crippen molar-refractivity contribution in [3.05, 3.63) is 24.0 Å². The van der Waals surface area contributed by atoms with Crippen LogP contribution in [-0.2, 0) is 0 Å². The summed E-state index contributed by atoms with van der Waals surface area (Å²) in [5.41, 5.74) is 0.854. The fourth-order valence-electron chi connectivity index (χ4n) is 2.17. The highest BCUT2D eigenvalue weighted by Crippen LogP contribution is 2.25. The minimum atomic E-state index is -0.287. The third-order valence-electron chi connectivity index (χ3n) is 2.96. The number of anilines is 1. The maximum absolute atomic E-state index is 13.5. The summed E-state index contributed by atoms with van der Waals surface area (Å²) < 4.78 is 18.7. The van der Waals surface area contributed by atoms with Crippen LogP contribution in [0.25, 0.3) is 0 Å². The van der Waals surface area contributed by atoms with Crippen LogP contribution < -0.4 is 10.1 Å². The monoisotopic (exact) mass is 223 g/mol. The van der Waals surface area contributed by atoms with Crippen LogP contribution in [0.15, 0.2) is 18.2 Å². The number of hydrogen-bond donors (Lipinski definition) is 1. The topological polar surface area (TPSA) is 21.3 Å². The number of hydrogen-bond acceptors (Lipinski definition) is 2. The second kappa shape index (κ2) is 5.19. The van der Waals surface area contributed by atoms with Crippen LogP contribution in [0.5, 0.6) is 5.75 Å². The molecule has 0 heterocycles. The van der Waals surface area contributed by atoms with Gasteiger partial charge in [-0.05, 0) is 31.9 Å². The van der Waals surface area contributed by atoms with E-state index in [4.69, 9.17) is 4.74 Å². The molecule has 0 atom stereocenters. The fourth-order valence-corrected chi connectivity index (χ4v) is 2.17. The molecule has 1 aliphatic carbocycles. The van der Waals surface area contributed by atoms with E-state index in [9.17, 15) is 4.39 Å². The molecule has 16 heavy (non-hydrogen) atoms. The van der Waals surface area contributed by atoms with Crippen molar-refractivity contribution in [3.63, 3.8) is 0 Å². The van der Waals surface area contributed by atoms with Crippen molar-refractivity contribution in [3.8, 4) is 5.75 Å². The van der Waals surface area contributed by atoms with Crippen LogP contribution in [-0.4, -0.2) is 12.6 Å². The van der Waals surface area contributed by atoms with Gasteiger partial charge in [0, 0.05) is 17.8 Å². The number of benzene rings is 1. The molecule has 1 aromatic carbocycles. The quantitative estimate of drug-likeness (QED) is 0.842. The zero-order chi connectivity index (χ0) is 11.4. The molecule has 88 valence electrons. The molecule has 1 N–H and O–H groups in total. The molecule has 3 heteroatoms. The Balaban J connectivity index is 2.02. The minimum Gasteiger partial charge on any atom is -0.491 e. The van der Waals surface area contributed by atoms with Crippen LogP contribution in [0.3, 0.4) is 0 Å². The van der Waals surface area contributed by atoms with Crippen LogP contribution in [0.4, 0.5) is 10.1 Å². The molecule has 1 saturated carbocycles. The van der Waals surface area contributed by atoms with Crippen molar-refractivity contribution in [2.24, 2.45) is 0 Å². The molecule has 0 aromatic heterocycles. The Kier molecular flexibility index (Phi) is 3.65. The van der Waals surface area contributed by atoms with Gasteiger partial charge in [0.25, 0.3) is 0 Å². The van der Waals surface area contributed by atoms with Gasteiger partial charge in [-0.3, -0.25) is 0 Å². The lowest BCUT2D eigenvalue weighted by Crippen LogP contribution is -2.14. The SMILES string of the molecule is CCOc1ccc(NC2CCCC2)cc1F. The Morgan fingerprint density at radius 3 is 2.75 bits per heavy atom. The summed E-state index contributed by atoms with van der Waals surface area (Å²) >= 11 is 0. The van der Waals surface area contributed by atoms with E-state index in [-0.39, 0.29) is 5.82 Å². The summed E-state index contributed by atoms with van der Waals surface area (Å²) in [6, 6.07) is 5.60. The Hall–Kier alpha value is -1.25. The lowest BCUT2D eigenvalue weighted by molar-refractivity contribution is 0.321. The van der Waals surface area contributed by atoms with Crippen molar-refractivity contribution in [2.45, 2.75) is 38.6 Å². The first-order valence-electron chi connectivity index (χ1n) is 5.98. The largest absolute Gasteiger partial charge is 0.491 e. The lowest BCUT2D eigenvalue weighted by atomic mass is 10.2. The van der Waals surface area contributed by atoms with Gasteiger partial charge in [-0.15, -0.1) is 0 Å². The smallest absolute Gasteiger partial charge is 0.167 e. The average Bonchev–Trinajstić information content (AvgIpc) is 2.75. The second-order valence-electron chi connectivity index (χ2n) is 4.20. The molecule has 0 unspecified atom stereocenters. The lowest BCUT2D eigenvalue weighted by Gasteiger charge is -2.14. The zero-order valence-electron chi connectivity index (χ0n) is 9.63. The van der Waals surface area contributed by atoms with Gasteiger partial charge in [-0.2, -0.15) is 0 Å². The molecule has 2 nitrogen and oxygen atoms in total. The summed E-state index contributed by atoms with van der Waals surface area (Å²) in [7, 11) is 0. The summed E-state index contributed by atoms with van der Waals surface area (Å²) in [5.74, 6) is 0.0457. The highest BCUT2D eigenvalue weighted by molar-refractivity contribution is 5.48. The number of nitrogens with one attached hydrogen (secondary N) is 1. The van der Waals surface area contributed by atoms with Gasteiger partial charge in [0.15, 0.2) is 11.6 Å². The van der Waals surface area contributed by atoms with Gasteiger partial charge in [-0.1, -0.05) is 12.8 Å². The number of rotatable bonds is 4. The Labute approximate surface area is 95.8 Å². The molecular formula is C13H18FNO. The molecule has 0 amide bonds. The zero-order valence-corrected chi connectivity index (χ0v) is 9.63. The average molecular weight is 223 g/mol. The first-order valence-corrected chi connectivity index (χ1v) is 5.98. The normalized spacial score (nSPS) is 16.4. The maximum atomic E-state index is 13.5. The molecule has 0 saturated heterocycles.